The van der Waals surface area contributed by atoms with E-state index in [0.717, 1.165) is 26.1 Å². The van der Waals surface area contributed by atoms with Crippen LogP contribution in [0.25, 0.3) is 0 Å². The van der Waals surface area contributed by atoms with Crippen LogP contribution in [0, 0.1) is 5.92 Å². The van der Waals surface area contributed by atoms with Crippen LogP contribution >= 0.6 is 0 Å². The summed E-state index contributed by atoms with van der Waals surface area (Å²) in [4.78, 5) is 18.0. The number of aliphatic carboxylic acids is 1. The summed E-state index contributed by atoms with van der Waals surface area (Å²) in [5.41, 5.74) is 0. The van der Waals surface area contributed by atoms with Crippen LogP contribution in [-0.4, -0.2) is 45.8 Å². The maximum absolute atomic E-state index is 11.3. The summed E-state index contributed by atoms with van der Waals surface area (Å²) in [5.74, 6) is -0.350. The number of carboxylic acids is 1. The summed E-state index contributed by atoms with van der Waals surface area (Å²) in [5, 5.41) is 13.3. The number of carbonyl (C=O) groups is 1. The van der Waals surface area contributed by atoms with Crippen molar-refractivity contribution >= 4 is 5.97 Å². The minimum absolute atomic E-state index is 0.206. The van der Waals surface area contributed by atoms with E-state index in [1.807, 2.05) is 12.2 Å². The first kappa shape index (κ1) is 15.7. The topological polar surface area (TPSA) is 79.5 Å². The monoisotopic (exact) mass is 293 g/mol. The zero-order valence-corrected chi connectivity index (χ0v) is 12.7. The Morgan fingerprint density at radius 2 is 2.10 bits per heavy atom. The predicted molar refractivity (Wildman–Crippen MR) is 78.0 cm³/mol. The van der Waals surface area contributed by atoms with Gasteiger partial charge in [0.15, 0.2) is 5.82 Å². The second-order valence-corrected chi connectivity index (χ2v) is 5.32. The molecule has 0 saturated carbocycles. The van der Waals surface area contributed by atoms with Crippen molar-refractivity contribution in [2.24, 2.45) is 5.92 Å². The zero-order valence-electron chi connectivity index (χ0n) is 12.7. The third kappa shape index (κ3) is 3.91. The van der Waals surface area contributed by atoms with Crippen LogP contribution in [0.4, 0.5) is 0 Å². The molecule has 6 nitrogen and oxygen atoms in total. The molecule has 0 aliphatic heterocycles. The molecule has 0 radical (unpaired) electrons. The largest absolute Gasteiger partial charge is 0.481 e. The molecule has 0 bridgehead atoms. The molecule has 1 heterocycles. The molecule has 21 heavy (non-hydrogen) atoms. The van der Waals surface area contributed by atoms with Crippen LogP contribution in [-0.2, 0) is 11.2 Å². The highest BCUT2D eigenvalue weighted by molar-refractivity contribution is 5.71. The van der Waals surface area contributed by atoms with Gasteiger partial charge in [-0.15, -0.1) is 0 Å². The molecule has 2 unspecified atom stereocenters. The van der Waals surface area contributed by atoms with Gasteiger partial charge in [-0.2, -0.15) is 4.98 Å². The van der Waals surface area contributed by atoms with Gasteiger partial charge in [0, 0.05) is 13.0 Å². The van der Waals surface area contributed by atoms with Crippen molar-refractivity contribution < 1.29 is 14.4 Å². The van der Waals surface area contributed by atoms with Crippen molar-refractivity contribution in [2.75, 3.05) is 19.6 Å². The van der Waals surface area contributed by atoms with Crippen molar-refractivity contribution in [1.82, 2.24) is 15.0 Å². The van der Waals surface area contributed by atoms with E-state index in [2.05, 4.69) is 28.9 Å². The molecule has 1 aromatic heterocycles. The maximum Gasteiger partial charge on any atom is 0.307 e. The van der Waals surface area contributed by atoms with Gasteiger partial charge in [0.2, 0.25) is 5.89 Å². The molecular weight excluding hydrogens is 270 g/mol. The fourth-order valence-electron chi connectivity index (χ4n) is 2.68. The Balaban J connectivity index is 2.01. The number of aromatic nitrogens is 2. The van der Waals surface area contributed by atoms with Crippen LogP contribution in [0.3, 0.4) is 0 Å². The lowest BCUT2D eigenvalue weighted by Gasteiger charge is -2.21. The second-order valence-electron chi connectivity index (χ2n) is 5.32. The molecule has 0 amide bonds. The first-order valence-electron chi connectivity index (χ1n) is 7.58. The van der Waals surface area contributed by atoms with E-state index >= 15 is 0 Å². The van der Waals surface area contributed by atoms with Crippen molar-refractivity contribution in [2.45, 2.75) is 39.0 Å². The maximum atomic E-state index is 11.3. The summed E-state index contributed by atoms with van der Waals surface area (Å²) >= 11 is 0. The first-order chi connectivity index (χ1) is 10.2. The third-order valence-corrected chi connectivity index (χ3v) is 4.10. The lowest BCUT2D eigenvalue weighted by molar-refractivity contribution is -0.142. The van der Waals surface area contributed by atoms with Crippen LogP contribution in [0.15, 0.2) is 16.7 Å². The Morgan fingerprint density at radius 3 is 2.76 bits per heavy atom. The summed E-state index contributed by atoms with van der Waals surface area (Å²) in [6, 6.07) is 0. The summed E-state index contributed by atoms with van der Waals surface area (Å²) < 4.78 is 5.31. The smallest absolute Gasteiger partial charge is 0.307 e. The Labute approximate surface area is 124 Å². The fraction of sp³-hybridized carbons (Fsp3) is 0.667. The van der Waals surface area contributed by atoms with Gasteiger partial charge in [-0.25, -0.2) is 0 Å². The highest BCUT2D eigenvalue weighted by Gasteiger charge is 2.33. The van der Waals surface area contributed by atoms with Crippen molar-refractivity contribution in [3.05, 3.63) is 23.9 Å². The van der Waals surface area contributed by atoms with Crippen LogP contribution in [0.1, 0.15) is 44.3 Å². The van der Waals surface area contributed by atoms with Gasteiger partial charge in [-0.1, -0.05) is 31.2 Å². The molecule has 2 rings (SSSR count). The molecule has 1 N–H and O–H groups in total. The Hall–Kier alpha value is -1.69. The molecule has 1 aromatic rings. The van der Waals surface area contributed by atoms with Gasteiger partial charge in [0.25, 0.3) is 0 Å². The van der Waals surface area contributed by atoms with E-state index in [1.54, 1.807) is 0 Å². The summed E-state index contributed by atoms with van der Waals surface area (Å²) in [6.45, 7) is 7.12. The molecule has 0 aromatic carbocycles. The first-order valence-corrected chi connectivity index (χ1v) is 7.58. The zero-order chi connectivity index (χ0) is 15.2. The molecule has 0 fully saturated rings. The fourth-order valence-corrected chi connectivity index (χ4v) is 2.68. The number of rotatable bonds is 7. The van der Waals surface area contributed by atoms with Gasteiger partial charge in [-0.3, -0.25) is 4.79 Å². The number of hydrogen-bond acceptors (Lipinski definition) is 5. The van der Waals surface area contributed by atoms with Gasteiger partial charge < -0.3 is 14.5 Å². The highest BCUT2D eigenvalue weighted by Crippen LogP contribution is 2.33. The second kappa shape index (κ2) is 7.36. The standard InChI is InChI=1S/C15H23N3O3/c1-3-18(4-2)10-9-13-16-14(21-17-13)11-7-5-6-8-12(11)15(19)20/h5-6,11-12H,3-4,7-10H2,1-2H3,(H,19,20). The highest BCUT2D eigenvalue weighted by atomic mass is 16.5. The molecule has 1 aliphatic rings. The molecular formula is C15H23N3O3. The summed E-state index contributed by atoms with van der Waals surface area (Å²) in [6.07, 6.45) is 5.80. The number of carboxylic acid groups (broad SMARTS) is 1. The van der Waals surface area contributed by atoms with Gasteiger partial charge in [0.1, 0.15) is 0 Å². The predicted octanol–water partition coefficient (Wildman–Crippen LogP) is 2.09. The SMILES string of the molecule is CCN(CC)CCc1noc(C2CC=CCC2C(=O)O)n1. The normalized spacial score (nSPS) is 21.9. The van der Waals surface area contributed by atoms with Crippen molar-refractivity contribution in [3.63, 3.8) is 0 Å². The number of hydrogen-bond donors (Lipinski definition) is 1. The molecule has 6 heteroatoms. The minimum Gasteiger partial charge on any atom is -0.481 e. The van der Waals surface area contributed by atoms with E-state index in [9.17, 15) is 9.90 Å². The van der Waals surface area contributed by atoms with Gasteiger partial charge >= 0.3 is 5.97 Å². The van der Waals surface area contributed by atoms with Crippen LogP contribution in [0.2, 0.25) is 0 Å². The number of nitrogens with zero attached hydrogens (tertiary/aromatic N) is 3. The number of allylic oxidation sites excluding steroid dienone is 2. The number of likely N-dealkylation sites (N-methyl/N-ethyl adjacent to an activating group) is 1. The minimum atomic E-state index is -0.799. The average Bonchev–Trinajstić information content (AvgIpc) is 2.97. The van der Waals surface area contributed by atoms with E-state index in [-0.39, 0.29) is 5.92 Å². The Bertz CT molecular complexity index is 494. The van der Waals surface area contributed by atoms with E-state index in [0.29, 0.717) is 24.6 Å². The quantitative estimate of drug-likeness (QED) is 0.775. The summed E-state index contributed by atoms with van der Waals surface area (Å²) in [7, 11) is 0. The molecule has 116 valence electrons. The lowest BCUT2D eigenvalue weighted by atomic mass is 9.83. The lowest BCUT2D eigenvalue weighted by Crippen LogP contribution is -2.25. The molecule has 0 spiro atoms. The Morgan fingerprint density at radius 1 is 1.38 bits per heavy atom. The van der Waals surface area contributed by atoms with Crippen molar-refractivity contribution in [3.8, 4) is 0 Å². The van der Waals surface area contributed by atoms with E-state index in [1.165, 1.54) is 0 Å². The molecule has 0 saturated heterocycles. The van der Waals surface area contributed by atoms with Gasteiger partial charge in [-0.05, 0) is 25.9 Å². The van der Waals surface area contributed by atoms with Crippen molar-refractivity contribution in [1.29, 1.82) is 0 Å². The molecule has 2 atom stereocenters. The van der Waals surface area contributed by atoms with Crippen LogP contribution < -0.4 is 0 Å². The van der Waals surface area contributed by atoms with Gasteiger partial charge in [0.05, 0.1) is 11.8 Å². The Kier molecular flexibility index (Phi) is 5.50. The van der Waals surface area contributed by atoms with E-state index < -0.39 is 11.9 Å². The average molecular weight is 293 g/mol. The van der Waals surface area contributed by atoms with E-state index in [4.69, 9.17) is 4.52 Å². The molecule has 1 aliphatic carbocycles. The van der Waals surface area contributed by atoms with Crippen LogP contribution in [0.5, 0.6) is 0 Å². The third-order valence-electron chi connectivity index (χ3n) is 4.10.